The van der Waals surface area contributed by atoms with Crippen molar-refractivity contribution in [1.82, 2.24) is 10.2 Å². The van der Waals surface area contributed by atoms with Crippen LogP contribution in [0, 0.1) is 12.7 Å². The van der Waals surface area contributed by atoms with Crippen LogP contribution in [0.15, 0.2) is 77.7 Å². The average molecular weight is 600 g/mol. The molecule has 0 saturated heterocycles. The molecular weight excluding hydrogens is 565 g/mol. The first-order valence-electron chi connectivity index (χ1n) is 13.7. The zero-order chi connectivity index (χ0) is 29.6. The third-order valence-corrected chi connectivity index (χ3v) is 9.43. The molecule has 10 heteroatoms. The van der Waals surface area contributed by atoms with Crippen LogP contribution < -0.4 is 9.62 Å². The van der Waals surface area contributed by atoms with Crippen LogP contribution in [0.2, 0.25) is 5.02 Å². The molecule has 1 N–H and O–H groups in total. The monoisotopic (exact) mass is 599 g/mol. The molecule has 1 aliphatic carbocycles. The second-order valence-electron chi connectivity index (χ2n) is 10.5. The van der Waals surface area contributed by atoms with E-state index in [0.29, 0.717) is 5.02 Å². The number of nitrogens with one attached hydrogen (secondary N) is 1. The van der Waals surface area contributed by atoms with Gasteiger partial charge in [0.25, 0.3) is 10.0 Å². The number of anilines is 1. The second kappa shape index (κ2) is 13.5. The van der Waals surface area contributed by atoms with E-state index in [4.69, 9.17) is 11.6 Å². The lowest BCUT2D eigenvalue weighted by Gasteiger charge is -2.33. The smallest absolute Gasteiger partial charge is 0.264 e. The molecule has 41 heavy (non-hydrogen) atoms. The largest absolute Gasteiger partial charge is 0.352 e. The summed E-state index contributed by atoms with van der Waals surface area (Å²) in [5.74, 6) is -1.42. The topological polar surface area (TPSA) is 86.8 Å². The van der Waals surface area contributed by atoms with Crippen LogP contribution in [0.4, 0.5) is 10.1 Å². The van der Waals surface area contributed by atoms with Crippen molar-refractivity contribution in [3.05, 3.63) is 94.8 Å². The molecule has 1 atom stereocenters. The van der Waals surface area contributed by atoms with Gasteiger partial charge in [0.05, 0.1) is 10.6 Å². The van der Waals surface area contributed by atoms with Crippen molar-refractivity contribution in [2.45, 2.75) is 69.5 Å². The van der Waals surface area contributed by atoms with E-state index in [1.54, 1.807) is 55.5 Å². The zero-order valence-electron chi connectivity index (χ0n) is 23.2. The Bertz CT molecular complexity index is 1440. The molecule has 218 valence electrons. The van der Waals surface area contributed by atoms with Gasteiger partial charge in [-0.3, -0.25) is 13.9 Å². The maximum atomic E-state index is 14.0. The summed E-state index contributed by atoms with van der Waals surface area (Å²) in [6.45, 7) is 3.04. The number of halogens is 2. The maximum absolute atomic E-state index is 14.0. The Balaban J connectivity index is 1.66. The van der Waals surface area contributed by atoms with Crippen LogP contribution in [-0.4, -0.2) is 43.8 Å². The molecule has 0 bridgehead atoms. The van der Waals surface area contributed by atoms with Crippen LogP contribution in [-0.2, 0) is 26.2 Å². The van der Waals surface area contributed by atoms with Crippen LogP contribution >= 0.6 is 11.6 Å². The minimum atomic E-state index is -4.26. The molecule has 0 heterocycles. The summed E-state index contributed by atoms with van der Waals surface area (Å²) in [6.07, 6.45) is 5.00. The van der Waals surface area contributed by atoms with Crippen LogP contribution in [0.3, 0.4) is 0 Å². The Labute approximate surface area is 246 Å². The molecule has 1 saturated carbocycles. The first kappa shape index (κ1) is 30.5. The number of sulfonamides is 1. The minimum Gasteiger partial charge on any atom is -0.352 e. The van der Waals surface area contributed by atoms with Gasteiger partial charge in [0.2, 0.25) is 11.8 Å². The lowest BCUT2D eigenvalue weighted by atomic mass is 9.95. The molecule has 0 aliphatic heterocycles. The number of amides is 2. The summed E-state index contributed by atoms with van der Waals surface area (Å²) in [7, 11) is -4.26. The first-order chi connectivity index (χ1) is 19.5. The van der Waals surface area contributed by atoms with E-state index in [0.717, 1.165) is 59.7 Å². The van der Waals surface area contributed by atoms with Gasteiger partial charge >= 0.3 is 0 Å². The summed E-state index contributed by atoms with van der Waals surface area (Å²) in [4.78, 5) is 28.6. The van der Waals surface area contributed by atoms with Crippen molar-refractivity contribution in [3.8, 4) is 0 Å². The van der Waals surface area contributed by atoms with E-state index >= 15 is 0 Å². The fourth-order valence-corrected chi connectivity index (χ4v) is 6.45. The molecule has 3 aromatic rings. The molecule has 1 aliphatic rings. The van der Waals surface area contributed by atoms with Crippen molar-refractivity contribution in [3.63, 3.8) is 0 Å². The van der Waals surface area contributed by atoms with Gasteiger partial charge in [-0.25, -0.2) is 12.8 Å². The van der Waals surface area contributed by atoms with Gasteiger partial charge in [0.15, 0.2) is 0 Å². The Hall–Kier alpha value is -3.43. The zero-order valence-corrected chi connectivity index (χ0v) is 24.8. The third kappa shape index (κ3) is 7.86. The number of rotatable bonds is 10. The lowest BCUT2D eigenvalue weighted by Crippen LogP contribution is -2.53. The summed E-state index contributed by atoms with van der Waals surface area (Å²) < 4.78 is 42.2. The molecule has 0 radical (unpaired) electrons. The van der Waals surface area contributed by atoms with E-state index in [2.05, 4.69) is 5.32 Å². The highest BCUT2D eigenvalue weighted by molar-refractivity contribution is 7.92. The van der Waals surface area contributed by atoms with Crippen molar-refractivity contribution in [2.24, 2.45) is 0 Å². The Morgan fingerprint density at radius 1 is 0.951 bits per heavy atom. The maximum Gasteiger partial charge on any atom is 0.264 e. The molecule has 3 aromatic carbocycles. The molecule has 7 nitrogen and oxygen atoms in total. The molecule has 0 aromatic heterocycles. The second-order valence-corrected chi connectivity index (χ2v) is 12.8. The van der Waals surface area contributed by atoms with Crippen molar-refractivity contribution in [1.29, 1.82) is 0 Å². The van der Waals surface area contributed by atoms with Crippen molar-refractivity contribution < 1.29 is 22.4 Å². The van der Waals surface area contributed by atoms with E-state index in [9.17, 15) is 22.4 Å². The summed E-state index contributed by atoms with van der Waals surface area (Å²) in [5, 5.41) is 3.61. The summed E-state index contributed by atoms with van der Waals surface area (Å²) in [6, 6.07) is 17.3. The first-order valence-corrected chi connectivity index (χ1v) is 15.6. The number of hydrogen-bond acceptors (Lipinski definition) is 4. The Kier molecular flexibility index (Phi) is 10.0. The van der Waals surface area contributed by atoms with Crippen LogP contribution in [0.1, 0.15) is 50.2 Å². The third-order valence-electron chi connectivity index (χ3n) is 7.39. The minimum absolute atomic E-state index is 0.0501. The number of hydrogen-bond donors (Lipinski definition) is 1. The van der Waals surface area contributed by atoms with Gasteiger partial charge in [-0.2, -0.15) is 0 Å². The normalized spacial score (nSPS) is 14.7. The van der Waals surface area contributed by atoms with E-state index < -0.39 is 34.3 Å². The molecule has 1 unspecified atom stereocenters. The van der Waals surface area contributed by atoms with Gasteiger partial charge in [-0.1, -0.05) is 60.7 Å². The van der Waals surface area contributed by atoms with Crippen molar-refractivity contribution in [2.75, 3.05) is 10.8 Å². The highest BCUT2D eigenvalue weighted by Crippen LogP contribution is 2.26. The van der Waals surface area contributed by atoms with Gasteiger partial charge in [0.1, 0.15) is 18.4 Å². The number of benzene rings is 3. The number of carbonyl (C=O) groups excluding carboxylic acids is 2. The van der Waals surface area contributed by atoms with Crippen LogP contribution in [0.5, 0.6) is 0 Å². The quantitative estimate of drug-likeness (QED) is 0.317. The predicted molar refractivity (Wildman–Crippen MR) is 159 cm³/mol. The van der Waals surface area contributed by atoms with Gasteiger partial charge in [0, 0.05) is 17.6 Å². The Morgan fingerprint density at radius 3 is 2.17 bits per heavy atom. The van der Waals surface area contributed by atoms with Gasteiger partial charge in [-0.05, 0) is 80.8 Å². The average Bonchev–Trinajstić information content (AvgIpc) is 2.96. The molecular formula is C31H35ClFN3O4S. The molecule has 4 rings (SSSR count). The lowest BCUT2D eigenvalue weighted by molar-refractivity contribution is -0.139. The predicted octanol–water partition coefficient (Wildman–Crippen LogP) is 5.85. The molecule has 2 amide bonds. The number of nitrogens with zero attached hydrogens (tertiary/aromatic N) is 2. The van der Waals surface area contributed by atoms with Crippen molar-refractivity contribution >= 4 is 39.1 Å². The fourth-order valence-electron chi connectivity index (χ4n) is 4.91. The molecule has 0 spiro atoms. The highest BCUT2D eigenvalue weighted by Gasteiger charge is 2.33. The Morgan fingerprint density at radius 2 is 1.56 bits per heavy atom. The molecule has 1 fully saturated rings. The van der Waals surface area contributed by atoms with E-state index in [-0.39, 0.29) is 29.1 Å². The van der Waals surface area contributed by atoms with Gasteiger partial charge < -0.3 is 10.2 Å². The number of aryl methyl sites for hydroxylation is 1. The van der Waals surface area contributed by atoms with E-state index in [1.165, 1.54) is 17.0 Å². The summed E-state index contributed by atoms with van der Waals surface area (Å²) in [5.41, 5.74) is 1.93. The van der Waals surface area contributed by atoms with Gasteiger partial charge in [-0.15, -0.1) is 0 Å². The SMILES string of the molecule is Cc1ccc(N(CC(=O)N(Cc2ccc(Cl)cc2)C(C)C(=O)NC2CCCCC2)S(=O)(=O)c2ccc(F)cc2)cc1. The van der Waals surface area contributed by atoms with Crippen LogP contribution in [0.25, 0.3) is 0 Å². The summed E-state index contributed by atoms with van der Waals surface area (Å²) >= 11 is 6.06. The van der Waals surface area contributed by atoms with E-state index in [1.807, 2.05) is 6.92 Å². The highest BCUT2D eigenvalue weighted by atomic mass is 35.5. The fraction of sp³-hybridized carbons (Fsp3) is 0.355. The number of carbonyl (C=O) groups is 2. The standard InChI is InChI=1S/C31H35ClFN3O4S/c1-22-8-16-28(17-9-22)36(41(39,40)29-18-14-26(33)15-19-29)21-30(37)35(20-24-10-12-25(32)13-11-24)23(2)31(38)34-27-6-4-3-5-7-27/h8-19,23,27H,3-7,20-21H2,1-2H3,(H,34,38).